The van der Waals surface area contributed by atoms with Crippen LogP contribution >= 0.6 is 0 Å². The lowest BCUT2D eigenvalue weighted by Gasteiger charge is -2.28. The summed E-state index contributed by atoms with van der Waals surface area (Å²) in [6, 6.07) is 7.63. The van der Waals surface area contributed by atoms with E-state index in [0.717, 1.165) is 18.5 Å². The van der Waals surface area contributed by atoms with Crippen molar-refractivity contribution in [3.05, 3.63) is 41.7 Å². The molecule has 1 aromatic heterocycles. The molecule has 1 unspecified atom stereocenters. The van der Waals surface area contributed by atoms with Crippen LogP contribution in [0.3, 0.4) is 0 Å². The number of aryl methyl sites for hydroxylation is 1. The van der Waals surface area contributed by atoms with Crippen LogP contribution < -0.4 is 14.8 Å². The molecule has 170 valence electrons. The van der Waals surface area contributed by atoms with Gasteiger partial charge >= 0.3 is 0 Å². The first-order valence-electron chi connectivity index (χ1n) is 11.1. The summed E-state index contributed by atoms with van der Waals surface area (Å²) in [4.78, 5) is 15.1. The molecule has 2 heterocycles. The van der Waals surface area contributed by atoms with E-state index in [4.69, 9.17) is 9.47 Å². The number of fused-ring (bicyclic) bond motifs is 1. The SMILES string of the molecule is CC(C)CN(Cc1cc(O)c2c(c1)OCCCO2)C(=O)C(C)CNCc1cccn1C. The largest absolute Gasteiger partial charge is 0.504 e. The summed E-state index contributed by atoms with van der Waals surface area (Å²) in [6.45, 7) is 9.62. The van der Waals surface area contributed by atoms with Crippen LogP contribution in [0.25, 0.3) is 0 Å². The third-order valence-electron chi connectivity index (χ3n) is 5.39. The topological polar surface area (TPSA) is 76.0 Å². The molecule has 0 bridgehead atoms. The quantitative estimate of drug-likeness (QED) is 0.640. The number of hydrogen-bond acceptors (Lipinski definition) is 5. The lowest BCUT2D eigenvalue weighted by atomic mass is 10.1. The number of carbonyl (C=O) groups excluding carboxylic acids is 1. The number of carbonyl (C=O) groups is 1. The number of nitrogens with zero attached hydrogens (tertiary/aromatic N) is 2. The van der Waals surface area contributed by atoms with E-state index in [2.05, 4.69) is 29.8 Å². The molecular formula is C24H35N3O4. The van der Waals surface area contributed by atoms with Gasteiger partial charge in [-0.05, 0) is 35.7 Å². The van der Waals surface area contributed by atoms with Crippen LogP contribution in [0.5, 0.6) is 17.2 Å². The standard InChI is InChI=1S/C24H35N3O4/c1-17(2)15-27(24(29)18(3)13-25-14-20-7-5-8-26(20)4)16-19-11-21(28)23-22(12-19)30-9-6-10-31-23/h5,7-8,11-12,17-18,25,28H,6,9-10,13-16H2,1-4H3. The van der Waals surface area contributed by atoms with Gasteiger partial charge in [-0.3, -0.25) is 4.79 Å². The molecular weight excluding hydrogens is 394 g/mol. The highest BCUT2D eigenvalue weighted by atomic mass is 16.5. The summed E-state index contributed by atoms with van der Waals surface area (Å²) in [5.41, 5.74) is 2.01. The average molecular weight is 430 g/mol. The molecule has 1 aliphatic heterocycles. The van der Waals surface area contributed by atoms with Crippen LogP contribution in [0.15, 0.2) is 30.5 Å². The monoisotopic (exact) mass is 429 g/mol. The average Bonchev–Trinajstić information content (AvgIpc) is 2.97. The second-order valence-electron chi connectivity index (χ2n) is 8.75. The van der Waals surface area contributed by atoms with E-state index in [9.17, 15) is 9.90 Å². The third kappa shape index (κ3) is 6.17. The van der Waals surface area contributed by atoms with Crippen LogP contribution in [0.4, 0.5) is 0 Å². The van der Waals surface area contributed by atoms with Crippen molar-refractivity contribution in [2.75, 3.05) is 26.3 Å². The lowest BCUT2D eigenvalue weighted by Crippen LogP contribution is -2.40. The highest BCUT2D eigenvalue weighted by Crippen LogP contribution is 2.39. The molecule has 0 aliphatic carbocycles. The molecule has 7 heteroatoms. The molecule has 2 N–H and O–H groups in total. The molecule has 2 aromatic rings. The van der Waals surface area contributed by atoms with E-state index < -0.39 is 0 Å². The van der Waals surface area contributed by atoms with Gasteiger partial charge in [0.2, 0.25) is 11.7 Å². The van der Waals surface area contributed by atoms with Crippen molar-refractivity contribution in [1.82, 2.24) is 14.8 Å². The number of rotatable bonds is 9. The molecule has 31 heavy (non-hydrogen) atoms. The van der Waals surface area contributed by atoms with Crippen LogP contribution in [-0.2, 0) is 24.9 Å². The number of phenolic OH excluding ortho intramolecular Hbond substituents is 1. The lowest BCUT2D eigenvalue weighted by molar-refractivity contribution is -0.136. The number of aromatic nitrogens is 1. The Morgan fingerprint density at radius 1 is 1.26 bits per heavy atom. The van der Waals surface area contributed by atoms with E-state index in [1.807, 2.05) is 37.2 Å². The molecule has 1 aliphatic rings. The van der Waals surface area contributed by atoms with Crippen LogP contribution in [-0.4, -0.2) is 46.8 Å². The van der Waals surface area contributed by atoms with Crippen molar-refractivity contribution < 1.29 is 19.4 Å². The van der Waals surface area contributed by atoms with Gasteiger partial charge in [-0.1, -0.05) is 20.8 Å². The molecule has 0 saturated carbocycles. The van der Waals surface area contributed by atoms with E-state index in [1.165, 1.54) is 5.69 Å². The smallest absolute Gasteiger partial charge is 0.226 e. The second-order valence-corrected chi connectivity index (χ2v) is 8.75. The maximum absolute atomic E-state index is 13.2. The van der Waals surface area contributed by atoms with Gasteiger partial charge in [0.05, 0.1) is 13.2 Å². The zero-order chi connectivity index (χ0) is 22.4. The van der Waals surface area contributed by atoms with Crippen molar-refractivity contribution in [1.29, 1.82) is 0 Å². The minimum atomic E-state index is -0.159. The Labute approximate surface area is 185 Å². The Hall–Kier alpha value is -2.67. The zero-order valence-electron chi connectivity index (χ0n) is 19.1. The van der Waals surface area contributed by atoms with E-state index in [-0.39, 0.29) is 17.6 Å². The molecule has 0 radical (unpaired) electrons. The highest BCUT2D eigenvalue weighted by Gasteiger charge is 2.23. The third-order valence-corrected chi connectivity index (χ3v) is 5.39. The normalized spacial score (nSPS) is 14.4. The van der Waals surface area contributed by atoms with E-state index in [0.29, 0.717) is 50.3 Å². The zero-order valence-corrected chi connectivity index (χ0v) is 19.1. The summed E-state index contributed by atoms with van der Waals surface area (Å²) >= 11 is 0. The van der Waals surface area contributed by atoms with Crippen LogP contribution in [0.2, 0.25) is 0 Å². The maximum atomic E-state index is 13.2. The minimum absolute atomic E-state index is 0.0589. The van der Waals surface area contributed by atoms with Crippen LogP contribution in [0.1, 0.15) is 38.4 Å². The van der Waals surface area contributed by atoms with E-state index in [1.54, 1.807) is 6.07 Å². The molecule has 3 rings (SSSR count). The van der Waals surface area contributed by atoms with E-state index >= 15 is 0 Å². The number of ether oxygens (including phenoxy) is 2. The summed E-state index contributed by atoms with van der Waals surface area (Å²) in [7, 11) is 2.01. The molecule has 1 amide bonds. The Kier molecular flexibility index (Phi) is 7.85. The predicted molar refractivity (Wildman–Crippen MR) is 120 cm³/mol. The summed E-state index contributed by atoms with van der Waals surface area (Å²) in [5, 5.41) is 13.8. The number of phenols is 1. The van der Waals surface area contributed by atoms with Gasteiger partial charge in [0, 0.05) is 57.5 Å². The molecule has 0 spiro atoms. The second kappa shape index (κ2) is 10.6. The fourth-order valence-electron chi connectivity index (χ4n) is 3.79. The van der Waals surface area contributed by atoms with Crippen LogP contribution in [0, 0.1) is 11.8 Å². The van der Waals surface area contributed by atoms with Crippen molar-refractivity contribution in [3.8, 4) is 17.2 Å². The van der Waals surface area contributed by atoms with Crippen molar-refractivity contribution >= 4 is 5.91 Å². The predicted octanol–water partition coefficient (Wildman–Crippen LogP) is 3.30. The number of benzene rings is 1. The van der Waals surface area contributed by atoms with Crippen molar-refractivity contribution in [3.63, 3.8) is 0 Å². The Morgan fingerprint density at radius 3 is 2.74 bits per heavy atom. The van der Waals surface area contributed by atoms with Crippen molar-refractivity contribution in [2.45, 2.75) is 40.3 Å². The first kappa shape index (κ1) is 23.0. The molecule has 1 aromatic carbocycles. The van der Waals surface area contributed by atoms with Crippen molar-refractivity contribution in [2.24, 2.45) is 18.9 Å². The molecule has 0 saturated heterocycles. The molecule has 0 fully saturated rings. The summed E-state index contributed by atoms with van der Waals surface area (Å²) < 4.78 is 13.4. The number of amides is 1. The first-order chi connectivity index (χ1) is 14.8. The van der Waals surface area contributed by atoms with Gasteiger partial charge in [-0.2, -0.15) is 0 Å². The highest BCUT2D eigenvalue weighted by molar-refractivity contribution is 5.78. The van der Waals surface area contributed by atoms with Gasteiger partial charge < -0.3 is 29.4 Å². The summed E-state index contributed by atoms with van der Waals surface area (Å²) in [5.74, 6) is 1.26. The van der Waals surface area contributed by atoms with Gasteiger partial charge in [-0.15, -0.1) is 0 Å². The van der Waals surface area contributed by atoms with Gasteiger partial charge in [0.15, 0.2) is 11.5 Å². The number of nitrogens with one attached hydrogen (secondary N) is 1. The number of aromatic hydroxyl groups is 1. The molecule has 1 atom stereocenters. The first-order valence-corrected chi connectivity index (χ1v) is 11.1. The maximum Gasteiger partial charge on any atom is 0.226 e. The van der Waals surface area contributed by atoms with Gasteiger partial charge in [-0.25, -0.2) is 0 Å². The van der Waals surface area contributed by atoms with Gasteiger partial charge in [0.1, 0.15) is 0 Å². The molecule has 7 nitrogen and oxygen atoms in total. The Balaban J connectivity index is 1.66. The fourth-order valence-corrected chi connectivity index (χ4v) is 3.79. The fraction of sp³-hybridized carbons (Fsp3) is 0.542. The van der Waals surface area contributed by atoms with Gasteiger partial charge in [0.25, 0.3) is 0 Å². The number of hydrogen-bond donors (Lipinski definition) is 2. The Morgan fingerprint density at radius 2 is 2.03 bits per heavy atom. The Bertz CT molecular complexity index is 878. The minimum Gasteiger partial charge on any atom is -0.504 e. The summed E-state index contributed by atoms with van der Waals surface area (Å²) in [6.07, 6.45) is 2.79.